The summed E-state index contributed by atoms with van der Waals surface area (Å²) >= 11 is 0. The van der Waals surface area contributed by atoms with E-state index in [1.54, 1.807) is 12.4 Å². The molecule has 2 aliphatic rings. The van der Waals surface area contributed by atoms with E-state index in [2.05, 4.69) is 32.2 Å². The van der Waals surface area contributed by atoms with Crippen LogP contribution in [0.4, 0.5) is 5.82 Å². The first-order chi connectivity index (χ1) is 12.6. The molecule has 1 atom stereocenters. The molecule has 1 unspecified atom stereocenters. The van der Waals surface area contributed by atoms with Crippen LogP contribution in [-0.4, -0.2) is 57.3 Å². The van der Waals surface area contributed by atoms with E-state index in [-0.39, 0.29) is 23.3 Å². The molecule has 3 N–H and O–H groups in total. The summed E-state index contributed by atoms with van der Waals surface area (Å²) in [6.07, 6.45) is 6.84. The molecule has 8 heteroatoms. The summed E-state index contributed by atoms with van der Waals surface area (Å²) in [5.74, 6) is 0.408. The topological polar surface area (TPSA) is 103 Å². The third-order valence-electron chi connectivity index (χ3n) is 5.31. The predicted molar refractivity (Wildman–Crippen MR) is 97.8 cm³/mol. The molecule has 0 radical (unpaired) electrons. The number of hydrogen-bond donors (Lipinski definition) is 3. The van der Waals surface area contributed by atoms with Crippen LogP contribution in [0.1, 0.15) is 30.1 Å². The molecular weight excluding hydrogens is 332 g/mol. The van der Waals surface area contributed by atoms with Crippen LogP contribution in [0.15, 0.2) is 25.0 Å². The van der Waals surface area contributed by atoms with Gasteiger partial charge in [-0.2, -0.15) is 0 Å². The number of aromatic amines is 1. The predicted octanol–water partition coefficient (Wildman–Crippen LogP) is 1.30. The van der Waals surface area contributed by atoms with Crippen LogP contribution in [0.5, 0.6) is 0 Å². The number of carbonyl (C=O) groups excluding carboxylic acids is 2. The Labute approximate surface area is 151 Å². The smallest absolute Gasteiger partial charge is 0.255 e. The average molecular weight is 354 g/mol. The van der Waals surface area contributed by atoms with Gasteiger partial charge in [0.2, 0.25) is 5.91 Å². The lowest BCUT2D eigenvalue weighted by Crippen LogP contribution is -2.31. The number of nitrogens with zero attached hydrogens (tertiary/aromatic N) is 3. The number of H-pyrrole nitrogens is 1. The molecule has 4 rings (SSSR count). The van der Waals surface area contributed by atoms with Crippen molar-refractivity contribution in [2.45, 2.75) is 25.8 Å². The maximum atomic E-state index is 12.2. The summed E-state index contributed by atoms with van der Waals surface area (Å²) < 4.78 is 0. The second kappa shape index (κ2) is 6.12. The Balaban J connectivity index is 1.58. The standard InChI is InChI=1S/C18H22N6O2/c1-3-14(25)24-9-12(18(10-24)5-6-18)22-13-8-21-16-15(23-13)11(7-20-16)17(26)19-4-2/h3,7-8,12H,1,4-6,9-10H2,2H3,(H,19,26)(H,20,21)(H,22,23). The highest BCUT2D eigenvalue weighted by molar-refractivity contribution is 6.04. The summed E-state index contributed by atoms with van der Waals surface area (Å²) in [4.78, 5) is 37.9. The van der Waals surface area contributed by atoms with Crippen molar-refractivity contribution in [2.75, 3.05) is 25.0 Å². The Morgan fingerprint density at radius 3 is 3.00 bits per heavy atom. The minimum absolute atomic E-state index is 0.0359. The molecular formula is C18H22N6O2. The van der Waals surface area contributed by atoms with E-state index >= 15 is 0 Å². The number of likely N-dealkylation sites (tertiary alicyclic amines) is 1. The third-order valence-corrected chi connectivity index (χ3v) is 5.31. The lowest BCUT2D eigenvalue weighted by molar-refractivity contribution is -0.125. The number of amides is 2. The highest BCUT2D eigenvalue weighted by Crippen LogP contribution is 2.53. The number of carbonyl (C=O) groups is 2. The maximum absolute atomic E-state index is 12.2. The maximum Gasteiger partial charge on any atom is 0.255 e. The molecule has 8 nitrogen and oxygen atoms in total. The number of rotatable bonds is 5. The van der Waals surface area contributed by atoms with Gasteiger partial charge in [0, 0.05) is 31.2 Å². The van der Waals surface area contributed by atoms with Crippen LogP contribution < -0.4 is 10.6 Å². The first-order valence-electron chi connectivity index (χ1n) is 8.86. The summed E-state index contributed by atoms with van der Waals surface area (Å²) in [6.45, 7) is 7.37. The normalized spacial score (nSPS) is 20.3. The molecule has 2 aromatic rings. The highest BCUT2D eigenvalue weighted by Gasteiger charge is 2.55. The van der Waals surface area contributed by atoms with Gasteiger partial charge in [-0.1, -0.05) is 6.58 Å². The molecule has 1 aliphatic heterocycles. The van der Waals surface area contributed by atoms with Crippen molar-refractivity contribution >= 4 is 28.8 Å². The summed E-state index contributed by atoms with van der Waals surface area (Å²) in [7, 11) is 0. The zero-order chi connectivity index (χ0) is 18.3. The van der Waals surface area contributed by atoms with Crippen LogP contribution >= 0.6 is 0 Å². The van der Waals surface area contributed by atoms with Crippen LogP contribution in [-0.2, 0) is 4.79 Å². The van der Waals surface area contributed by atoms with Gasteiger partial charge in [0.15, 0.2) is 5.65 Å². The summed E-state index contributed by atoms with van der Waals surface area (Å²) in [5, 5.41) is 6.22. The van der Waals surface area contributed by atoms with Crippen molar-refractivity contribution < 1.29 is 9.59 Å². The molecule has 2 amide bonds. The largest absolute Gasteiger partial charge is 0.364 e. The van der Waals surface area contributed by atoms with E-state index < -0.39 is 0 Å². The van der Waals surface area contributed by atoms with Crippen molar-refractivity contribution in [1.29, 1.82) is 0 Å². The number of anilines is 1. The van der Waals surface area contributed by atoms with Gasteiger partial charge in [-0.15, -0.1) is 0 Å². The van der Waals surface area contributed by atoms with Crippen molar-refractivity contribution in [2.24, 2.45) is 5.41 Å². The van der Waals surface area contributed by atoms with Crippen LogP contribution in [0.25, 0.3) is 11.2 Å². The van der Waals surface area contributed by atoms with Crippen LogP contribution in [0.3, 0.4) is 0 Å². The zero-order valence-corrected chi connectivity index (χ0v) is 14.7. The van der Waals surface area contributed by atoms with Gasteiger partial charge < -0.3 is 20.5 Å². The molecule has 0 aromatic carbocycles. The average Bonchev–Trinajstić information content (AvgIpc) is 3.15. The van der Waals surface area contributed by atoms with Gasteiger partial charge >= 0.3 is 0 Å². The van der Waals surface area contributed by atoms with Crippen molar-refractivity contribution in [1.82, 2.24) is 25.2 Å². The SMILES string of the molecule is C=CC(=O)N1CC(Nc2cnc3[nH]cc(C(=O)NCC)c3n2)C2(CC2)C1. The summed E-state index contributed by atoms with van der Waals surface area (Å²) in [5.41, 5.74) is 1.72. The van der Waals surface area contributed by atoms with Crippen molar-refractivity contribution in [3.63, 3.8) is 0 Å². The number of nitrogens with one attached hydrogen (secondary N) is 3. The monoisotopic (exact) mass is 354 g/mol. The molecule has 2 aromatic heterocycles. The Morgan fingerprint density at radius 2 is 2.31 bits per heavy atom. The van der Waals surface area contributed by atoms with Gasteiger partial charge in [-0.25, -0.2) is 9.97 Å². The fourth-order valence-electron chi connectivity index (χ4n) is 3.70. The van der Waals surface area contributed by atoms with Gasteiger partial charge in [0.1, 0.15) is 11.3 Å². The first-order valence-corrected chi connectivity index (χ1v) is 8.86. The molecule has 3 heterocycles. The lowest BCUT2D eigenvalue weighted by atomic mass is 10.0. The van der Waals surface area contributed by atoms with Gasteiger partial charge in [-0.3, -0.25) is 9.59 Å². The fourth-order valence-corrected chi connectivity index (χ4v) is 3.70. The van der Waals surface area contributed by atoms with Gasteiger partial charge in [0.25, 0.3) is 5.91 Å². The summed E-state index contributed by atoms with van der Waals surface area (Å²) in [6, 6.07) is 0.130. The molecule has 0 bridgehead atoms. The van der Waals surface area contributed by atoms with Gasteiger partial charge in [-0.05, 0) is 25.8 Å². The van der Waals surface area contributed by atoms with E-state index in [0.29, 0.717) is 35.6 Å². The fraction of sp³-hybridized carbons (Fsp3) is 0.444. The lowest BCUT2D eigenvalue weighted by Gasteiger charge is -2.18. The number of fused-ring (bicyclic) bond motifs is 1. The molecule has 26 heavy (non-hydrogen) atoms. The number of aromatic nitrogens is 3. The quantitative estimate of drug-likeness (QED) is 0.702. The second-order valence-electron chi connectivity index (χ2n) is 7.00. The van der Waals surface area contributed by atoms with Crippen LogP contribution in [0.2, 0.25) is 0 Å². The highest BCUT2D eigenvalue weighted by atomic mass is 16.2. The Bertz CT molecular complexity index is 885. The molecule has 1 spiro atoms. The van der Waals surface area contributed by atoms with E-state index in [4.69, 9.17) is 0 Å². The van der Waals surface area contributed by atoms with E-state index in [1.165, 1.54) is 6.08 Å². The van der Waals surface area contributed by atoms with Crippen LogP contribution in [0, 0.1) is 5.41 Å². The van der Waals surface area contributed by atoms with E-state index in [1.807, 2.05) is 11.8 Å². The Morgan fingerprint density at radius 1 is 1.50 bits per heavy atom. The van der Waals surface area contributed by atoms with Crippen molar-refractivity contribution in [3.05, 3.63) is 30.6 Å². The second-order valence-corrected chi connectivity index (χ2v) is 7.00. The molecule has 1 saturated carbocycles. The van der Waals surface area contributed by atoms with E-state index in [9.17, 15) is 9.59 Å². The first kappa shape index (κ1) is 16.6. The van der Waals surface area contributed by atoms with E-state index in [0.717, 1.165) is 19.4 Å². The Hall–Kier alpha value is -2.90. The minimum atomic E-state index is -0.174. The third kappa shape index (κ3) is 2.71. The number of hydrogen-bond acceptors (Lipinski definition) is 5. The zero-order valence-electron chi connectivity index (χ0n) is 14.7. The van der Waals surface area contributed by atoms with Gasteiger partial charge in [0.05, 0.1) is 17.8 Å². The van der Waals surface area contributed by atoms with Crippen molar-refractivity contribution in [3.8, 4) is 0 Å². The molecule has 136 valence electrons. The minimum Gasteiger partial charge on any atom is -0.364 e. The molecule has 1 aliphatic carbocycles. The Kier molecular flexibility index (Phi) is 3.90. The molecule has 2 fully saturated rings. The molecule has 1 saturated heterocycles.